The quantitative estimate of drug-likeness (QED) is 0.495. The van der Waals surface area contributed by atoms with Gasteiger partial charge in [-0.2, -0.15) is 0 Å². The molecule has 2 atom stereocenters. The van der Waals surface area contributed by atoms with Gasteiger partial charge in [0.05, 0.1) is 0 Å². The zero-order valence-corrected chi connectivity index (χ0v) is 19.5. The molecule has 2 unspecified atom stereocenters. The third kappa shape index (κ3) is 4.45. The standard InChI is InChI=1S/C26H31BrFN/c1-16-12-13-26(3,4)29-25(16)22-6-5-7-24(28)21(22)10-8-18-15-19(27)9-11-20(18)23-14-17(23)2/h5-7,9,11,15,17,23,29H,8,10,12-14H2,1-4H3. The molecule has 154 valence electrons. The number of nitrogens with one attached hydrogen (secondary N) is 1. The van der Waals surface area contributed by atoms with Crippen LogP contribution in [-0.4, -0.2) is 5.54 Å². The molecule has 2 aromatic carbocycles. The molecule has 2 aromatic rings. The second-order valence-corrected chi connectivity index (χ2v) is 10.5. The maximum absolute atomic E-state index is 15.0. The van der Waals surface area contributed by atoms with Gasteiger partial charge in [0, 0.05) is 21.3 Å². The van der Waals surface area contributed by atoms with Crippen LogP contribution in [-0.2, 0) is 12.8 Å². The van der Waals surface area contributed by atoms with Crippen molar-refractivity contribution in [3.63, 3.8) is 0 Å². The van der Waals surface area contributed by atoms with E-state index in [-0.39, 0.29) is 11.4 Å². The number of allylic oxidation sites excluding steroid dienone is 1. The molecule has 0 saturated heterocycles. The normalized spacial score (nSPS) is 23.1. The van der Waals surface area contributed by atoms with E-state index in [0.717, 1.165) is 46.5 Å². The summed E-state index contributed by atoms with van der Waals surface area (Å²) in [5.74, 6) is 1.34. The highest BCUT2D eigenvalue weighted by Gasteiger charge is 2.35. The molecule has 3 heteroatoms. The van der Waals surface area contributed by atoms with Gasteiger partial charge in [0.25, 0.3) is 0 Å². The molecule has 1 heterocycles. The van der Waals surface area contributed by atoms with Gasteiger partial charge in [-0.25, -0.2) is 4.39 Å². The first kappa shape index (κ1) is 20.7. The average Bonchev–Trinajstić information content (AvgIpc) is 3.39. The fourth-order valence-corrected chi connectivity index (χ4v) is 5.05. The predicted octanol–water partition coefficient (Wildman–Crippen LogP) is 7.39. The smallest absolute Gasteiger partial charge is 0.127 e. The third-order valence-electron chi connectivity index (χ3n) is 6.66. The summed E-state index contributed by atoms with van der Waals surface area (Å²) >= 11 is 3.63. The van der Waals surface area contributed by atoms with Crippen molar-refractivity contribution < 1.29 is 4.39 Å². The van der Waals surface area contributed by atoms with Crippen LogP contribution < -0.4 is 5.32 Å². The summed E-state index contributed by atoms with van der Waals surface area (Å²) in [6.45, 7) is 8.94. The Morgan fingerprint density at radius 2 is 1.93 bits per heavy atom. The highest BCUT2D eigenvalue weighted by molar-refractivity contribution is 9.10. The lowest BCUT2D eigenvalue weighted by Crippen LogP contribution is -2.41. The van der Waals surface area contributed by atoms with Crippen LogP contribution in [0, 0.1) is 11.7 Å². The molecule has 0 spiro atoms. The SMILES string of the molecule is CC1=C(c2cccc(F)c2CCc2cc(Br)ccc2C2CC2C)NC(C)(C)CC1. The fraction of sp³-hybridized carbons (Fsp3) is 0.462. The first-order valence-electron chi connectivity index (χ1n) is 10.8. The minimum Gasteiger partial charge on any atom is -0.380 e. The summed E-state index contributed by atoms with van der Waals surface area (Å²) < 4.78 is 16.1. The van der Waals surface area contributed by atoms with Crippen molar-refractivity contribution in [2.24, 2.45) is 5.92 Å². The maximum atomic E-state index is 15.0. The fourth-order valence-electron chi connectivity index (χ4n) is 4.64. The Bertz CT molecular complexity index is 959. The minimum absolute atomic E-state index is 0.0397. The van der Waals surface area contributed by atoms with Crippen LogP contribution in [0.3, 0.4) is 0 Å². The van der Waals surface area contributed by atoms with Gasteiger partial charge in [-0.15, -0.1) is 0 Å². The number of hydrogen-bond donors (Lipinski definition) is 1. The van der Waals surface area contributed by atoms with E-state index in [4.69, 9.17) is 0 Å². The molecule has 1 aliphatic heterocycles. The van der Waals surface area contributed by atoms with Gasteiger partial charge in [0.15, 0.2) is 0 Å². The molecule has 1 saturated carbocycles. The van der Waals surface area contributed by atoms with E-state index >= 15 is 0 Å². The number of aryl methyl sites for hydroxylation is 1. The summed E-state index contributed by atoms with van der Waals surface area (Å²) in [6.07, 6.45) is 5.01. The lowest BCUT2D eigenvalue weighted by atomic mass is 9.86. The Balaban J connectivity index is 1.65. The van der Waals surface area contributed by atoms with E-state index < -0.39 is 0 Å². The molecule has 1 nitrogen and oxygen atoms in total. The first-order valence-corrected chi connectivity index (χ1v) is 11.6. The van der Waals surface area contributed by atoms with E-state index in [1.54, 1.807) is 6.07 Å². The van der Waals surface area contributed by atoms with Crippen LogP contribution in [0.15, 0.2) is 46.4 Å². The van der Waals surface area contributed by atoms with Crippen LogP contribution in [0.2, 0.25) is 0 Å². The van der Waals surface area contributed by atoms with Crippen molar-refractivity contribution in [3.05, 3.63) is 74.5 Å². The van der Waals surface area contributed by atoms with Crippen LogP contribution in [0.25, 0.3) is 5.70 Å². The molecular formula is C26H31BrFN. The largest absolute Gasteiger partial charge is 0.380 e. The molecule has 1 fully saturated rings. The van der Waals surface area contributed by atoms with E-state index in [9.17, 15) is 4.39 Å². The van der Waals surface area contributed by atoms with Crippen LogP contribution in [0.1, 0.15) is 75.1 Å². The van der Waals surface area contributed by atoms with Gasteiger partial charge in [-0.3, -0.25) is 0 Å². The van der Waals surface area contributed by atoms with Gasteiger partial charge >= 0.3 is 0 Å². The molecule has 0 bridgehead atoms. The second-order valence-electron chi connectivity index (χ2n) is 9.59. The number of benzene rings is 2. The third-order valence-corrected chi connectivity index (χ3v) is 7.15. The molecule has 1 aliphatic carbocycles. The Morgan fingerprint density at radius 1 is 1.17 bits per heavy atom. The van der Waals surface area contributed by atoms with Crippen LogP contribution in [0.5, 0.6) is 0 Å². The zero-order valence-electron chi connectivity index (χ0n) is 17.9. The van der Waals surface area contributed by atoms with Crippen LogP contribution >= 0.6 is 15.9 Å². The number of hydrogen-bond acceptors (Lipinski definition) is 1. The Kier molecular flexibility index (Phi) is 5.63. The van der Waals surface area contributed by atoms with Crippen molar-refractivity contribution in [3.8, 4) is 0 Å². The highest BCUT2D eigenvalue weighted by Crippen LogP contribution is 2.48. The maximum Gasteiger partial charge on any atom is 0.127 e. The molecule has 0 amide bonds. The van der Waals surface area contributed by atoms with E-state index in [0.29, 0.717) is 12.3 Å². The summed E-state index contributed by atoms with van der Waals surface area (Å²) in [6, 6.07) is 12.2. The Labute approximate surface area is 182 Å². The lowest BCUT2D eigenvalue weighted by Gasteiger charge is -2.35. The highest BCUT2D eigenvalue weighted by atomic mass is 79.9. The van der Waals surface area contributed by atoms with Gasteiger partial charge < -0.3 is 5.32 Å². The molecule has 0 aromatic heterocycles. The van der Waals surface area contributed by atoms with Gasteiger partial charge in [-0.05, 0) is 105 Å². The van der Waals surface area contributed by atoms with E-state index in [1.165, 1.54) is 23.1 Å². The van der Waals surface area contributed by atoms with Crippen molar-refractivity contribution in [1.29, 1.82) is 0 Å². The summed E-state index contributed by atoms with van der Waals surface area (Å²) in [5.41, 5.74) is 7.16. The number of halogens is 2. The van der Waals surface area contributed by atoms with Crippen molar-refractivity contribution >= 4 is 21.6 Å². The summed E-state index contributed by atoms with van der Waals surface area (Å²) in [7, 11) is 0. The Hall–Kier alpha value is -1.61. The molecule has 29 heavy (non-hydrogen) atoms. The van der Waals surface area contributed by atoms with Gasteiger partial charge in [-0.1, -0.05) is 41.1 Å². The monoisotopic (exact) mass is 455 g/mol. The second kappa shape index (κ2) is 7.91. The average molecular weight is 456 g/mol. The van der Waals surface area contributed by atoms with Crippen molar-refractivity contribution in [2.45, 2.75) is 71.3 Å². The molecular weight excluding hydrogens is 425 g/mol. The Morgan fingerprint density at radius 3 is 2.66 bits per heavy atom. The molecule has 0 radical (unpaired) electrons. The first-order chi connectivity index (χ1) is 13.7. The topological polar surface area (TPSA) is 12.0 Å². The van der Waals surface area contributed by atoms with Gasteiger partial charge in [0.2, 0.25) is 0 Å². The van der Waals surface area contributed by atoms with Gasteiger partial charge in [0.1, 0.15) is 5.82 Å². The lowest BCUT2D eigenvalue weighted by molar-refractivity contribution is 0.399. The predicted molar refractivity (Wildman–Crippen MR) is 124 cm³/mol. The van der Waals surface area contributed by atoms with E-state index in [2.05, 4.69) is 73.2 Å². The van der Waals surface area contributed by atoms with Crippen molar-refractivity contribution in [1.82, 2.24) is 5.32 Å². The zero-order chi connectivity index (χ0) is 20.8. The molecule has 2 aliphatic rings. The number of rotatable bonds is 5. The molecule has 4 rings (SSSR count). The summed E-state index contributed by atoms with van der Waals surface area (Å²) in [5, 5.41) is 3.68. The van der Waals surface area contributed by atoms with Crippen molar-refractivity contribution in [2.75, 3.05) is 0 Å². The molecule has 1 N–H and O–H groups in total. The van der Waals surface area contributed by atoms with E-state index in [1.807, 2.05) is 6.07 Å². The van der Waals surface area contributed by atoms with Crippen LogP contribution in [0.4, 0.5) is 4.39 Å². The minimum atomic E-state index is -0.0932. The summed E-state index contributed by atoms with van der Waals surface area (Å²) in [4.78, 5) is 0.